The number of ketones is 1. The molecule has 0 spiro atoms. The van der Waals surface area contributed by atoms with E-state index in [1.165, 1.54) is 0 Å². The third-order valence-electron chi connectivity index (χ3n) is 8.25. The highest BCUT2D eigenvalue weighted by Gasteiger charge is 2.43. The molecule has 0 aliphatic carbocycles. The van der Waals surface area contributed by atoms with Gasteiger partial charge >= 0.3 is 0 Å². The molecule has 46 heavy (non-hydrogen) atoms. The van der Waals surface area contributed by atoms with Gasteiger partial charge in [-0.1, -0.05) is 70.2 Å². The van der Waals surface area contributed by atoms with Gasteiger partial charge in [-0.15, -0.1) is 0 Å². The minimum atomic E-state index is -1.03. The van der Waals surface area contributed by atoms with Crippen LogP contribution in [0.25, 0.3) is 0 Å². The van der Waals surface area contributed by atoms with E-state index in [1.54, 1.807) is 55.5 Å². The molecule has 2 rings (SSSR count). The second-order valence-electron chi connectivity index (χ2n) is 14.1. The predicted octanol–water partition coefficient (Wildman–Crippen LogP) is 3.69. The Hall–Kier alpha value is -4.05. The maximum absolute atomic E-state index is 13.6. The molecular formula is C36H54N5O5+. The Morgan fingerprint density at radius 2 is 1.26 bits per heavy atom. The summed E-state index contributed by atoms with van der Waals surface area (Å²) in [5, 5.41) is 8.82. The fourth-order valence-electron chi connectivity index (χ4n) is 5.62. The molecule has 0 fully saturated rings. The molecular weight excluding hydrogens is 582 g/mol. The maximum Gasteiger partial charge on any atom is 0.251 e. The lowest BCUT2D eigenvalue weighted by atomic mass is 9.68. The Balaban J connectivity index is 1.95. The largest absolute Gasteiger partial charge is 0.369 e. The van der Waals surface area contributed by atoms with Gasteiger partial charge in [0.25, 0.3) is 5.91 Å². The third-order valence-corrected chi connectivity index (χ3v) is 8.25. The summed E-state index contributed by atoms with van der Waals surface area (Å²) in [4.78, 5) is 64.2. The molecule has 0 bridgehead atoms. The highest BCUT2D eigenvalue weighted by Crippen LogP contribution is 2.40. The molecule has 10 heteroatoms. The van der Waals surface area contributed by atoms with E-state index >= 15 is 0 Å². The summed E-state index contributed by atoms with van der Waals surface area (Å²) in [6.45, 7) is 9.36. The van der Waals surface area contributed by atoms with Crippen LogP contribution in [0.1, 0.15) is 86.1 Å². The molecule has 0 saturated carbocycles. The van der Waals surface area contributed by atoms with Crippen molar-refractivity contribution in [3.63, 3.8) is 0 Å². The second kappa shape index (κ2) is 17.0. The molecule has 0 radical (unpaired) electrons. The van der Waals surface area contributed by atoms with Gasteiger partial charge in [-0.2, -0.15) is 0 Å². The number of nitrogens with two attached hydrogens (primary N) is 1. The lowest BCUT2D eigenvalue weighted by Crippen LogP contribution is -2.48. The summed E-state index contributed by atoms with van der Waals surface area (Å²) in [7, 11) is 6.30. The van der Waals surface area contributed by atoms with E-state index in [0.717, 1.165) is 17.4 Å². The van der Waals surface area contributed by atoms with Crippen LogP contribution >= 0.6 is 0 Å². The molecule has 0 saturated heterocycles. The molecule has 10 nitrogen and oxygen atoms in total. The molecule has 0 aliphatic heterocycles. The Morgan fingerprint density at radius 1 is 0.739 bits per heavy atom. The third kappa shape index (κ3) is 12.0. The van der Waals surface area contributed by atoms with Crippen LogP contribution < -0.4 is 21.7 Å². The topological polar surface area (TPSA) is 147 Å². The number of nitrogens with one attached hydrogen (secondary N) is 3. The molecule has 252 valence electrons. The molecule has 2 aromatic rings. The van der Waals surface area contributed by atoms with Gasteiger partial charge in [0.05, 0.1) is 27.7 Å². The number of nitrogens with zero attached hydrogens (tertiary/aromatic N) is 1. The molecule has 2 unspecified atom stereocenters. The zero-order valence-corrected chi connectivity index (χ0v) is 28.7. The van der Waals surface area contributed by atoms with Crippen molar-refractivity contribution in [2.24, 2.45) is 22.5 Å². The summed E-state index contributed by atoms with van der Waals surface area (Å²) < 4.78 is 0.803. The number of quaternary nitrogens is 1. The minimum Gasteiger partial charge on any atom is -0.369 e. The number of carbonyl (C=O) groups excluding carboxylic acids is 5. The van der Waals surface area contributed by atoms with Crippen LogP contribution in [-0.4, -0.2) is 81.2 Å². The second-order valence-corrected chi connectivity index (χ2v) is 14.1. The summed E-state index contributed by atoms with van der Waals surface area (Å²) in [6.07, 6.45) is 2.25. The van der Waals surface area contributed by atoms with Crippen molar-refractivity contribution in [2.45, 2.75) is 59.8 Å². The van der Waals surface area contributed by atoms with Gasteiger partial charge in [0.2, 0.25) is 17.7 Å². The lowest BCUT2D eigenvalue weighted by molar-refractivity contribution is -0.870. The smallest absolute Gasteiger partial charge is 0.251 e. The van der Waals surface area contributed by atoms with Crippen LogP contribution in [-0.2, 0) is 14.4 Å². The quantitative estimate of drug-likeness (QED) is 0.106. The van der Waals surface area contributed by atoms with E-state index in [9.17, 15) is 24.0 Å². The van der Waals surface area contributed by atoms with E-state index in [-0.39, 0.29) is 36.3 Å². The number of hydrogen-bond donors (Lipinski definition) is 4. The van der Waals surface area contributed by atoms with Crippen LogP contribution in [0, 0.1) is 16.7 Å². The predicted molar refractivity (Wildman–Crippen MR) is 181 cm³/mol. The number of amides is 4. The van der Waals surface area contributed by atoms with Crippen LogP contribution in [0.5, 0.6) is 0 Å². The Morgan fingerprint density at radius 3 is 1.83 bits per heavy atom. The van der Waals surface area contributed by atoms with Gasteiger partial charge in [-0.3, -0.25) is 24.0 Å². The number of primary amides is 1. The first-order valence-electron chi connectivity index (χ1n) is 16.1. The van der Waals surface area contributed by atoms with Gasteiger partial charge in [0, 0.05) is 59.5 Å². The van der Waals surface area contributed by atoms with Gasteiger partial charge in [0.1, 0.15) is 0 Å². The zero-order chi connectivity index (χ0) is 34.5. The fourth-order valence-corrected chi connectivity index (χ4v) is 5.62. The monoisotopic (exact) mass is 636 g/mol. The van der Waals surface area contributed by atoms with Crippen LogP contribution in [0.2, 0.25) is 0 Å². The van der Waals surface area contributed by atoms with E-state index < -0.39 is 22.7 Å². The zero-order valence-electron chi connectivity index (χ0n) is 28.7. The van der Waals surface area contributed by atoms with E-state index in [4.69, 9.17) is 5.73 Å². The normalized spacial score (nSPS) is 13.6. The van der Waals surface area contributed by atoms with E-state index in [0.29, 0.717) is 49.2 Å². The summed E-state index contributed by atoms with van der Waals surface area (Å²) >= 11 is 0. The Bertz CT molecular complexity index is 1330. The van der Waals surface area contributed by atoms with Crippen molar-refractivity contribution in [3.05, 3.63) is 71.3 Å². The van der Waals surface area contributed by atoms with Crippen molar-refractivity contribution in [1.82, 2.24) is 16.0 Å². The summed E-state index contributed by atoms with van der Waals surface area (Å²) in [6, 6.07) is 15.4. The molecule has 5 N–H and O–H groups in total. The fraction of sp³-hybridized carbons (Fsp3) is 0.528. The molecule has 0 aliphatic rings. The maximum atomic E-state index is 13.6. The van der Waals surface area contributed by atoms with Gasteiger partial charge < -0.3 is 26.2 Å². The van der Waals surface area contributed by atoms with Crippen molar-refractivity contribution < 1.29 is 28.5 Å². The first-order chi connectivity index (χ1) is 21.5. The number of rotatable bonds is 19. The molecule has 0 heterocycles. The van der Waals surface area contributed by atoms with Crippen molar-refractivity contribution in [1.29, 1.82) is 0 Å². The summed E-state index contributed by atoms with van der Waals surface area (Å²) in [5.41, 5.74) is 5.26. The Kier molecular flexibility index (Phi) is 14.1. The average molecular weight is 637 g/mol. The van der Waals surface area contributed by atoms with Gasteiger partial charge in [-0.25, -0.2) is 0 Å². The molecule has 4 amide bonds. The standard InChI is InChI=1S/C36H53N5O5/c1-8-26(31(37)43)24-36(4,25-35(2,3)33(45)39-22-13-23-41(5,6)7)34(46)40-21-12-20-38-32(44)29-18-16-28(17-19-29)30(42)27-14-10-9-11-15-27/h9-11,14-19,26H,8,12-13,20-25H2,1-7H3,(H4-,37,38,39,40,43,44,45,46)/p+1. The van der Waals surface area contributed by atoms with Crippen LogP contribution in [0.15, 0.2) is 54.6 Å². The number of benzene rings is 2. The minimum absolute atomic E-state index is 0.115. The molecule has 2 atom stereocenters. The first kappa shape index (κ1) is 38.1. The number of carbonyl (C=O) groups is 5. The van der Waals surface area contributed by atoms with Gasteiger partial charge in [0.15, 0.2) is 5.78 Å². The van der Waals surface area contributed by atoms with Crippen molar-refractivity contribution in [3.8, 4) is 0 Å². The van der Waals surface area contributed by atoms with Crippen LogP contribution in [0.3, 0.4) is 0 Å². The van der Waals surface area contributed by atoms with Gasteiger partial charge in [-0.05, 0) is 37.8 Å². The lowest BCUT2D eigenvalue weighted by Gasteiger charge is -2.37. The molecule has 2 aromatic carbocycles. The Labute approximate surface area is 274 Å². The van der Waals surface area contributed by atoms with Crippen molar-refractivity contribution in [2.75, 3.05) is 47.3 Å². The van der Waals surface area contributed by atoms with E-state index in [2.05, 4.69) is 37.1 Å². The first-order valence-corrected chi connectivity index (χ1v) is 16.1. The number of hydrogen-bond acceptors (Lipinski definition) is 5. The molecule has 0 aromatic heterocycles. The van der Waals surface area contributed by atoms with Crippen molar-refractivity contribution >= 4 is 29.4 Å². The van der Waals surface area contributed by atoms with E-state index in [1.807, 2.05) is 26.8 Å². The average Bonchev–Trinajstić information content (AvgIpc) is 3.00. The SMILES string of the molecule is CCC(CC(C)(CC(C)(C)C(=O)NCCC[N+](C)(C)C)C(=O)NCCCNC(=O)c1ccc(C(=O)c2ccccc2)cc1)C(N)=O. The highest BCUT2D eigenvalue weighted by molar-refractivity contribution is 6.09. The highest BCUT2D eigenvalue weighted by atomic mass is 16.2. The summed E-state index contributed by atoms with van der Waals surface area (Å²) in [5.74, 6) is -1.77. The van der Waals surface area contributed by atoms with Crippen LogP contribution in [0.4, 0.5) is 0 Å².